The van der Waals surface area contributed by atoms with Crippen molar-refractivity contribution in [3.05, 3.63) is 30.1 Å². The fraction of sp³-hybridized carbons (Fsp3) is 0.542. The summed E-state index contributed by atoms with van der Waals surface area (Å²) in [6, 6.07) is 8.05. The first kappa shape index (κ1) is 21.6. The van der Waals surface area contributed by atoms with E-state index >= 15 is 0 Å². The Morgan fingerprint density at radius 2 is 1.94 bits per heavy atom. The van der Waals surface area contributed by atoms with Crippen LogP contribution in [0.2, 0.25) is 0 Å². The van der Waals surface area contributed by atoms with Crippen LogP contribution in [0.15, 0.2) is 24.3 Å². The number of methoxy groups -OCH3 is 1. The van der Waals surface area contributed by atoms with Crippen LogP contribution < -0.4 is 11.5 Å². The van der Waals surface area contributed by atoms with Crippen LogP contribution in [0.25, 0.3) is 21.9 Å². The van der Waals surface area contributed by atoms with Crippen molar-refractivity contribution in [2.24, 2.45) is 11.1 Å². The lowest BCUT2D eigenvalue weighted by atomic mass is 9.70. The van der Waals surface area contributed by atoms with Crippen molar-refractivity contribution in [1.29, 1.82) is 0 Å². The Morgan fingerprint density at radius 3 is 2.68 bits per heavy atom. The Hall–Kier alpha value is -2.67. The number of ether oxygens (including phenoxy) is 1. The Kier molecular flexibility index (Phi) is 6.41. The molecule has 0 unspecified atom stereocenters. The number of pyridine rings is 1. The molecule has 1 fully saturated rings. The van der Waals surface area contributed by atoms with E-state index in [9.17, 15) is 4.79 Å². The molecule has 0 radical (unpaired) electrons. The molecule has 1 aliphatic carbocycles. The largest absolute Gasteiger partial charge is 0.384 e. The molecule has 0 spiro atoms. The average Bonchev–Trinajstić information content (AvgIpc) is 3.15. The van der Waals surface area contributed by atoms with E-state index in [-0.39, 0.29) is 11.3 Å². The second-order valence-electron chi connectivity index (χ2n) is 8.80. The lowest BCUT2D eigenvalue weighted by Crippen LogP contribution is -2.38. The molecule has 7 heteroatoms. The predicted octanol–water partition coefficient (Wildman–Crippen LogP) is 3.96. The van der Waals surface area contributed by atoms with Crippen molar-refractivity contribution in [3.63, 3.8) is 0 Å². The first-order chi connectivity index (χ1) is 15.1. The van der Waals surface area contributed by atoms with Crippen molar-refractivity contribution in [2.75, 3.05) is 19.5 Å². The highest BCUT2D eigenvalue weighted by Crippen LogP contribution is 2.40. The minimum Gasteiger partial charge on any atom is -0.384 e. The number of primary amides is 1. The third-order valence-electron chi connectivity index (χ3n) is 6.84. The molecule has 0 bridgehead atoms. The fourth-order valence-corrected chi connectivity index (χ4v) is 5.11. The number of benzene rings is 1. The molecule has 2 heterocycles. The molecular formula is C24H33N5O2. The van der Waals surface area contributed by atoms with E-state index in [1.165, 1.54) is 6.42 Å². The number of hydrogen-bond acceptors (Lipinski definition) is 5. The van der Waals surface area contributed by atoms with Crippen LogP contribution in [0.5, 0.6) is 0 Å². The minimum atomic E-state index is -0.310. The number of aryl methyl sites for hydroxylation is 1. The van der Waals surface area contributed by atoms with Gasteiger partial charge in [0.15, 0.2) is 5.82 Å². The number of hydrogen-bond donors (Lipinski definition) is 2. The van der Waals surface area contributed by atoms with Gasteiger partial charge in [-0.2, -0.15) is 0 Å². The number of nitrogen functional groups attached to an aromatic ring is 1. The summed E-state index contributed by atoms with van der Waals surface area (Å²) in [7, 11) is 1.70. The lowest BCUT2D eigenvalue weighted by Gasteiger charge is -2.34. The number of imidazole rings is 1. The second-order valence-corrected chi connectivity index (χ2v) is 8.80. The number of carbonyl (C=O) groups excluding carboxylic acids is 1. The van der Waals surface area contributed by atoms with Crippen LogP contribution in [0, 0.1) is 5.41 Å². The molecule has 7 nitrogen and oxygen atoms in total. The summed E-state index contributed by atoms with van der Waals surface area (Å²) in [6.45, 7) is 1.41. The lowest BCUT2D eigenvalue weighted by molar-refractivity contribution is -0.130. The molecule has 3 aromatic rings. The maximum Gasteiger partial charge on any atom is 0.223 e. The quantitative estimate of drug-likeness (QED) is 0.506. The zero-order valence-electron chi connectivity index (χ0n) is 18.4. The SMILES string of the molecule is COCCc1nc2c(N)nc3ccccc3c2n1CCCCC1(C(N)=O)CCCCC1. The van der Waals surface area contributed by atoms with Crippen molar-refractivity contribution in [1.82, 2.24) is 14.5 Å². The van der Waals surface area contributed by atoms with Gasteiger partial charge in [0.2, 0.25) is 5.91 Å². The maximum absolute atomic E-state index is 12.2. The van der Waals surface area contributed by atoms with Crippen molar-refractivity contribution < 1.29 is 9.53 Å². The third kappa shape index (κ3) is 4.24. The molecule has 1 aliphatic rings. The first-order valence-electron chi connectivity index (χ1n) is 11.4. The molecule has 0 saturated heterocycles. The van der Waals surface area contributed by atoms with Gasteiger partial charge in [0.05, 0.1) is 17.6 Å². The van der Waals surface area contributed by atoms with Gasteiger partial charge in [-0.1, -0.05) is 43.9 Å². The van der Waals surface area contributed by atoms with Crippen LogP contribution in [0.4, 0.5) is 5.82 Å². The first-order valence-corrected chi connectivity index (χ1v) is 11.4. The molecular weight excluding hydrogens is 390 g/mol. The van der Waals surface area contributed by atoms with Gasteiger partial charge in [0, 0.05) is 30.9 Å². The number of unbranched alkanes of at least 4 members (excludes halogenated alkanes) is 1. The molecule has 4 N–H and O–H groups in total. The molecule has 0 aliphatic heterocycles. The molecule has 166 valence electrons. The highest BCUT2D eigenvalue weighted by Gasteiger charge is 2.36. The number of fused-ring (bicyclic) bond motifs is 3. The van der Waals surface area contributed by atoms with Crippen LogP contribution in [0.3, 0.4) is 0 Å². The smallest absolute Gasteiger partial charge is 0.223 e. The van der Waals surface area contributed by atoms with E-state index in [1.54, 1.807) is 7.11 Å². The van der Waals surface area contributed by atoms with E-state index < -0.39 is 0 Å². The predicted molar refractivity (Wildman–Crippen MR) is 124 cm³/mol. The Bertz CT molecular complexity index is 1070. The van der Waals surface area contributed by atoms with Crippen molar-refractivity contribution in [3.8, 4) is 0 Å². The van der Waals surface area contributed by atoms with E-state index in [0.717, 1.165) is 79.3 Å². The summed E-state index contributed by atoms with van der Waals surface area (Å²) in [5, 5.41) is 1.06. The molecule has 1 amide bonds. The van der Waals surface area contributed by atoms with Gasteiger partial charge in [-0.15, -0.1) is 0 Å². The molecule has 31 heavy (non-hydrogen) atoms. The van der Waals surface area contributed by atoms with Crippen molar-refractivity contribution in [2.45, 2.75) is 64.3 Å². The fourth-order valence-electron chi connectivity index (χ4n) is 5.11. The normalized spacial score (nSPS) is 16.2. The van der Waals surface area contributed by atoms with Gasteiger partial charge in [-0.05, 0) is 31.7 Å². The van der Waals surface area contributed by atoms with Crippen LogP contribution >= 0.6 is 0 Å². The highest BCUT2D eigenvalue weighted by molar-refractivity contribution is 6.06. The van der Waals surface area contributed by atoms with Crippen LogP contribution in [0.1, 0.15) is 57.2 Å². The zero-order chi connectivity index (χ0) is 21.8. The zero-order valence-corrected chi connectivity index (χ0v) is 18.4. The number of rotatable bonds is 9. The van der Waals surface area contributed by atoms with Gasteiger partial charge in [0.1, 0.15) is 11.3 Å². The Labute approximate surface area is 183 Å². The van der Waals surface area contributed by atoms with E-state index in [1.807, 2.05) is 18.2 Å². The standard InChI is InChI=1S/C24H33N5O2/c1-31-16-11-19-28-20-21(17-9-3-4-10-18(17)27-22(20)25)29(19)15-8-7-14-24(23(26)30)12-5-2-6-13-24/h3-4,9-10H,2,5-8,11-16H2,1H3,(H2,25,27)(H2,26,30). The van der Waals surface area contributed by atoms with E-state index in [2.05, 4.69) is 15.6 Å². The van der Waals surface area contributed by atoms with Crippen LogP contribution in [-0.2, 0) is 22.5 Å². The van der Waals surface area contributed by atoms with Gasteiger partial charge in [0.25, 0.3) is 0 Å². The number of amides is 1. The topological polar surface area (TPSA) is 109 Å². The summed E-state index contributed by atoms with van der Waals surface area (Å²) in [5.41, 5.74) is 14.4. The minimum absolute atomic E-state index is 0.120. The summed E-state index contributed by atoms with van der Waals surface area (Å²) in [5.74, 6) is 1.30. The monoisotopic (exact) mass is 423 g/mol. The number of nitrogens with two attached hydrogens (primary N) is 2. The highest BCUT2D eigenvalue weighted by atomic mass is 16.5. The van der Waals surface area contributed by atoms with Gasteiger partial charge in [-0.25, -0.2) is 9.97 Å². The molecule has 0 atom stereocenters. The Balaban J connectivity index is 1.60. The molecule has 2 aromatic heterocycles. The summed E-state index contributed by atoms with van der Waals surface area (Å²) < 4.78 is 7.58. The number of carbonyl (C=O) groups is 1. The number of para-hydroxylation sites is 1. The van der Waals surface area contributed by atoms with Gasteiger partial charge >= 0.3 is 0 Å². The van der Waals surface area contributed by atoms with Crippen LogP contribution in [-0.4, -0.2) is 34.2 Å². The number of anilines is 1. The number of nitrogens with zero attached hydrogens (tertiary/aromatic N) is 3. The second kappa shape index (κ2) is 9.22. The third-order valence-corrected chi connectivity index (χ3v) is 6.84. The number of aromatic nitrogens is 3. The Morgan fingerprint density at radius 1 is 1.16 bits per heavy atom. The van der Waals surface area contributed by atoms with Gasteiger partial charge < -0.3 is 20.8 Å². The van der Waals surface area contributed by atoms with E-state index in [4.69, 9.17) is 21.2 Å². The molecule has 1 aromatic carbocycles. The summed E-state index contributed by atoms with van der Waals surface area (Å²) in [6.07, 6.45) is 8.79. The maximum atomic E-state index is 12.2. The summed E-state index contributed by atoms with van der Waals surface area (Å²) in [4.78, 5) is 21.6. The van der Waals surface area contributed by atoms with Crippen molar-refractivity contribution >= 4 is 33.7 Å². The summed E-state index contributed by atoms with van der Waals surface area (Å²) >= 11 is 0. The molecule has 1 saturated carbocycles. The van der Waals surface area contributed by atoms with E-state index in [0.29, 0.717) is 18.8 Å². The average molecular weight is 424 g/mol. The van der Waals surface area contributed by atoms with Gasteiger partial charge in [-0.3, -0.25) is 4.79 Å². The molecule has 4 rings (SSSR count).